The first kappa shape index (κ1) is 20.9. The first-order valence-corrected chi connectivity index (χ1v) is 9.97. The van der Waals surface area contributed by atoms with Gasteiger partial charge >= 0.3 is 0 Å². The van der Waals surface area contributed by atoms with Crippen LogP contribution in [0.4, 0.5) is 10.1 Å². The zero-order chi connectivity index (χ0) is 22.5. The molecule has 0 aliphatic heterocycles. The van der Waals surface area contributed by atoms with Crippen LogP contribution >= 0.6 is 0 Å². The summed E-state index contributed by atoms with van der Waals surface area (Å²) in [6.07, 6.45) is 3.44. The maximum absolute atomic E-state index is 13.6. The Labute approximate surface area is 185 Å². The predicted molar refractivity (Wildman–Crippen MR) is 123 cm³/mol. The Morgan fingerprint density at radius 3 is 2.62 bits per heavy atom. The molecule has 1 amide bonds. The van der Waals surface area contributed by atoms with Crippen LogP contribution in [0.25, 0.3) is 17.0 Å². The Hall–Kier alpha value is -4.37. The number of amides is 1. The van der Waals surface area contributed by atoms with Gasteiger partial charge in [0.05, 0.1) is 7.11 Å². The van der Waals surface area contributed by atoms with Gasteiger partial charge < -0.3 is 14.6 Å². The molecule has 4 rings (SSSR count). The molecule has 4 aromatic rings. The van der Waals surface area contributed by atoms with Gasteiger partial charge in [-0.05, 0) is 54.1 Å². The largest absolute Gasteiger partial charge is 0.497 e. The molecule has 0 aliphatic carbocycles. The van der Waals surface area contributed by atoms with E-state index < -0.39 is 5.91 Å². The molecule has 1 N–H and O–H groups in total. The average molecular weight is 425 g/mol. The lowest BCUT2D eigenvalue weighted by Crippen LogP contribution is -2.13. The molecule has 5 nitrogen and oxygen atoms in total. The fourth-order valence-electron chi connectivity index (χ4n) is 3.53. The first-order valence-electron chi connectivity index (χ1n) is 9.97. The van der Waals surface area contributed by atoms with Crippen molar-refractivity contribution in [3.05, 3.63) is 102 Å². The van der Waals surface area contributed by atoms with Crippen molar-refractivity contribution >= 4 is 28.6 Å². The average Bonchev–Trinajstić information content (AvgIpc) is 3.15. The Bertz CT molecular complexity index is 1350. The molecule has 0 bridgehead atoms. The van der Waals surface area contributed by atoms with Gasteiger partial charge in [0.25, 0.3) is 5.91 Å². The topological polar surface area (TPSA) is 67.0 Å². The van der Waals surface area contributed by atoms with Crippen molar-refractivity contribution in [1.29, 1.82) is 5.26 Å². The van der Waals surface area contributed by atoms with E-state index in [1.165, 1.54) is 12.1 Å². The highest BCUT2D eigenvalue weighted by Gasteiger charge is 2.13. The number of rotatable bonds is 6. The number of carbonyl (C=O) groups is 1. The Morgan fingerprint density at radius 2 is 1.91 bits per heavy atom. The summed E-state index contributed by atoms with van der Waals surface area (Å²) in [5.41, 5.74) is 3.02. The SMILES string of the molecule is COc1ccc(NC(=O)C(C#N)=Cc2cn(Cc3cccc(F)c3)c3ccccc23)cc1. The van der Waals surface area contributed by atoms with Crippen molar-refractivity contribution in [3.63, 3.8) is 0 Å². The van der Waals surface area contributed by atoms with Gasteiger partial charge in [-0.25, -0.2) is 4.39 Å². The van der Waals surface area contributed by atoms with Crippen molar-refractivity contribution < 1.29 is 13.9 Å². The number of para-hydroxylation sites is 1. The number of benzene rings is 3. The monoisotopic (exact) mass is 425 g/mol. The summed E-state index contributed by atoms with van der Waals surface area (Å²) in [5.74, 6) is -0.120. The lowest BCUT2D eigenvalue weighted by molar-refractivity contribution is -0.112. The van der Waals surface area contributed by atoms with Gasteiger partial charge in [0.15, 0.2) is 0 Å². The molecule has 0 fully saturated rings. The van der Waals surface area contributed by atoms with E-state index in [1.54, 1.807) is 43.5 Å². The van der Waals surface area contributed by atoms with E-state index in [4.69, 9.17) is 4.74 Å². The van der Waals surface area contributed by atoms with Gasteiger partial charge in [0.2, 0.25) is 0 Å². The Kier molecular flexibility index (Phi) is 6.00. The zero-order valence-corrected chi connectivity index (χ0v) is 17.4. The number of halogens is 1. The third-order valence-corrected chi connectivity index (χ3v) is 5.07. The summed E-state index contributed by atoms with van der Waals surface area (Å²) in [6, 6.07) is 23.0. The zero-order valence-electron chi connectivity index (χ0n) is 17.4. The minimum Gasteiger partial charge on any atom is -0.497 e. The predicted octanol–water partition coefficient (Wildman–Crippen LogP) is 5.38. The number of carbonyl (C=O) groups excluding carboxylic acids is 1. The van der Waals surface area contributed by atoms with E-state index in [9.17, 15) is 14.4 Å². The van der Waals surface area contributed by atoms with Crippen molar-refractivity contribution in [2.24, 2.45) is 0 Å². The molecule has 0 spiro atoms. The van der Waals surface area contributed by atoms with Crippen LogP contribution in [0.3, 0.4) is 0 Å². The van der Waals surface area contributed by atoms with E-state index in [0.29, 0.717) is 18.0 Å². The summed E-state index contributed by atoms with van der Waals surface area (Å²) in [4.78, 5) is 12.7. The molecule has 0 unspecified atom stereocenters. The minimum atomic E-state index is -0.500. The van der Waals surface area contributed by atoms with Gasteiger partial charge in [0.1, 0.15) is 23.2 Å². The smallest absolute Gasteiger partial charge is 0.266 e. The molecule has 1 aromatic heterocycles. The van der Waals surface area contributed by atoms with Crippen LogP contribution in [-0.4, -0.2) is 17.6 Å². The fourth-order valence-corrected chi connectivity index (χ4v) is 3.53. The number of anilines is 1. The molecule has 0 saturated heterocycles. The summed E-state index contributed by atoms with van der Waals surface area (Å²) >= 11 is 0. The third kappa shape index (κ3) is 4.52. The molecular weight excluding hydrogens is 405 g/mol. The molecule has 0 aliphatic rings. The molecule has 0 radical (unpaired) electrons. The summed E-state index contributed by atoms with van der Waals surface area (Å²) < 4.78 is 20.7. The van der Waals surface area contributed by atoms with Crippen molar-refractivity contribution in [3.8, 4) is 11.8 Å². The van der Waals surface area contributed by atoms with Gasteiger partial charge in [-0.1, -0.05) is 30.3 Å². The molecule has 158 valence electrons. The van der Waals surface area contributed by atoms with Crippen LogP contribution in [0.2, 0.25) is 0 Å². The second-order valence-electron chi connectivity index (χ2n) is 7.21. The lowest BCUT2D eigenvalue weighted by atomic mass is 10.1. The Morgan fingerprint density at radius 1 is 1.12 bits per heavy atom. The molecular formula is C26H20FN3O2. The van der Waals surface area contributed by atoms with Gasteiger partial charge in [0, 0.05) is 34.9 Å². The van der Waals surface area contributed by atoms with Gasteiger partial charge in [-0.3, -0.25) is 4.79 Å². The van der Waals surface area contributed by atoms with Crippen molar-refractivity contribution in [2.75, 3.05) is 12.4 Å². The third-order valence-electron chi connectivity index (χ3n) is 5.07. The number of hydrogen-bond acceptors (Lipinski definition) is 3. The van der Waals surface area contributed by atoms with E-state index >= 15 is 0 Å². The summed E-state index contributed by atoms with van der Waals surface area (Å²) in [7, 11) is 1.56. The quantitative estimate of drug-likeness (QED) is 0.333. The van der Waals surface area contributed by atoms with Crippen LogP contribution in [0.15, 0.2) is 84.6 Å². The van der Waals surface area contributed by atoms with Gasteiger partial charge in [-0.15, -0.1) is 0 Å². The fraction of sp³-hybridized carbons (Fsp3) is 0.0769. The highest BCUT2D eigenvalue weighted by atomic mass is 19.1. The molecule has 0 saturated carbocycles. The molecule has 3 aromatic carbocycles. The normalized spacial score (nSPS) is 11.2. The number of methoxy groups -OCH3 is 1. The number of hydrogen-bond donors (Lipinski definition) is 1. The standard InChI is InChI=1S/C26H20FN3O2/c1-32-23-11-9-22(10-12-23)29-26(31)19(15-28)14-20-17-30(25-8-3-2-7-24(20)25)16-18-5-4-6-21(27)13-18/h2-14,17H,16H2,1H3,(H,29,31). The van der Waals surface area contributed by atoms with E-state index in [1.807, 2.05) is 47.2 Å². The number of ether oxygens (including phenoxy) is 1. The van der Waals surface area contributed by atoms with Crippen molar-refractivity contribution in [2.45, 2.75) is 6.54 Å². The van der Waals surface area contributed by atoms with Crippen LogP contribution in [0.1, 0.15) is 11.1 Å². The Balaban J connectivity index is 1.65. The number of nitriles is 1. The van der Waals surface area contributed by atoms with Gasteiger partial charge in [-0.2, -0.15) is 5.26 Å². The summed E-state index contributed by atoms with van der Waals surface area (Å²) in [6.45, 7) is 0.464. The molecule has 32 heavy (non-hydrogen) atoms. The number of nitrogens with one attached hydrogen (secondary N) is 1. The second-order valence-corrected chi connectivity index (χ2v) is 7.21. The molecule has 6 heteroatoms. The minimum absolute atomic E-state index is 0.0190. The van der Waals surface area contributed by atoms with Crippen LogP contribution in [0, 0.1) is 17.1 Å². The number of fused-ring (bicyclic) bond motifs is 1. The summed E-state index contributed by atoms with van der Waals surface area (Å²) in [5, 5.41) is 13.2. The van der Waals surface area contributed by atoms with Crippen molar-refractivity contribution in [1.82, 2.24) is 4.57 Å². The van der Waals surface area contributed by atoms with Crippen LogP contribution in [0.5, 0.6) is 5.75 Å². The highest BCUT2D eigenvalue weighted by molar-refractivity contribution is 6.10. The van der Waals surface area contributed by atoms with Crippen LogP contribution in [-0.2, 0) is 11.3 Å². The van der Waals surface area contributed by atoms with E-state index in [2.05, 4.69) is 5.32 Å². The lowest BCUT2D eigenvalue weighted by Gasteiger charge is -2.05. The van der Waals surface area contributed by atoms with Crippen LogP contribution < -0.4 is 10.1 Å². The van der Waals surface area contributed by atoms with E-state index in [-0.39, 0.29) is 11.4 Å². The number of nitrogens with zero attached hydrogens (tertiary/aromatic N) is 2. The molecule has 0 atom stereocenters. The number of aromatic nitrogens is 1. The molecule has 1 heterocycles. The maximum atomic E-state index is 13.6. The second kappa shape index (κ2) is 9.19. The van der Waals surface area contributed by atoms with E-state index in [0.717, 1.165) is 22.0 Å². The maximum Gasteiger partial charge on any atom is 0.266 e. The first-order chi connectivity index (χ1) is 15.6. The highest BCUT2D eigenvalue weighted by Crippen LogP contribution is 2.25.